The standard InChI is InChI=1S/C53H53ClF2N8O6/c1-29-44-42(27-38(55)47(54)46(44)45-37(49(57)66)15-16-41(69-3)48(45)56)70-53(29,34-7-5-4-6-8-34)28-59-35-12-9-31(10-13-35)51(67)63-22-18-30(19-23-63)39-25-33(17-21-58-39)32-11-14-36-40(26-32)62(2)61-50(36)64-24-20-43(65)60-52(64)68/h4-8,11,14-17,21,25-27,29-31,35,59H,9-10,12-13,18-20,22-24,28H2,1-3H3,(H2,57,66)(H,60,65,68)/t29-,31?,35?,53-/m0/s1. The number of fused-ring (bicyclic) bond motifs is 2. The van der Waals surface area contributed by atoms with Crippen LogP contribution in [0.3, 0.4) is 0 Å². The highest BCUT2D eigenvalue weighted by Crippen LogP contribution is 2.56. The number of hydrogen-bond acceptors (Lipinski definition) is 9. The van der Waals surface area contributed by atoms with Crippen molar-refractivity contribution in [2.75, 3.05) is 38.2 Å². The normalized spacial score (nSPS) is 21.7. The number of nitrogens with one attached hydrogen (secondary N) is 2. The van der Waals surface area contributed by atoms with Crippen LogP contribution in [0.2, 0.25) is 5.02 Å². The lowest BCUT2D eigenvalue weighted by atomic mass is 9.77. The van der Waals surface area contributed by atoms with Gasteiger partial charge in [0.1, 0.15) is 11.6 Å². The number of aromatic nitrogens is 3. The van der Waals surface area contributed by atoms with Gasteiger partial charge in [0.15, 0.2) is 23.0 Å². The SMILES string of the molecule is COc1ccc(C(N)=O)c(-c2c(Cl)c(F)cc3c2[C@H](C)[C@@](CNC2CCC(C(=O)N4CCC(c5cc(-c6ccc7c(N8CCC(=O)NC8=O)nn(C)c7c6)ccn5)CC4)CC2)(c2ccccc2)O3)c1F. The largest absolute Gasteiger partial charge is 0.494 e. The molecule has 1 aliphatic carbocycles. The highest BCUT2D eigenvalue weighted by molar-refractivity contribution is 6.34. The zero-order chi connectivity index (χ0) is 49.0. The number of urea groups is 1. The molecule has 14 nitrogen and oxygen atoms in total. The minimum absolute atomic E-state index is 0.0117. The fraction of sp³-hybridized carbons (Fsp3) is 0.358. The summed E-state index contributed by atoms with van der Waals surface area (Å²) in [6.45, 7) is 3.80. The van der Waals surface area contributed by atoms with E-state index in [9.17, 15) is 19.2 Å². The van der Waals surface area contributed by atoms with Crippen LogP contribution >= 0.6 is 11.6 Å². The van der Waals surface area contributed by atoms with E-state index in [2.05, 4.69) is 27.9 Å². The van der Waals surface area contributed by atoms with Gasteiger partial charge in [0.2, 0.25) is 17.7 Å². The van der Waals surface area contributed by atoms with Crippen LogP contribution in [-0.4, -0.2) is 82.7 Å². The number of nitrogens with two attached hydrogens (primary N) is 1. The van der Waals surface area contributed by atoms with E-state index in [1.54, 1.807) is 4.68 Å². The molecule has 10 rings (SSSR count). The number of carbonyl (C=O) groups is 4. The van der Waals surface area contributed by atoms with E-state index < -0.39 is 35.1 Å². The molecule has 2 aromatic heterocycles. The third-order valence-electron chi connectivity index (χ3n) is 15.0. The molecule has 4 aliphatic rings. The monoisotopic (exact) mass is 970 g/mol. The highest BCUT2D eigenvalue weighted by Gasteiger charge is 2.50. The maximum atomic E-state index is 16.2. The number of halogens is 3. The molecule has 0 bridgehead atoms. The van der Waals surface area contributed by atoms with Crippen molar-refractivity contribution in [2.45, 2.75) is 75.3 Å². The van der Waals surface area contributed by atoms with Gasteiger partial charge < -0.3 is 25.4 Å². The van der Waals surface area contributed by atoms with E-state index in [0.29, 0.717) is 31.0 Å². The summed E-state index contributed by atoms with van der Waals surface area (Å²) in [7, 11) is 3.13. The quantitative estimate of drug-likeness (QED) is 0.115. The molecule has 362 valence electrons. The number of carbonyl (C=O) groups excluding carboxylic acids is 4. The van der Waals surface area contributed by atoms with Crippen molar-refractivity contribution < 1.29 is 37.4 Å². The molecule has 0 unspecified atom stereocenters. The molecule has 0 spiro atoms. The fourth-order valence-electron chi connectivity index (χ4n) is 11.1. The number of aryl methyl sites for hydroxylation is 1. The number of hydrogen-bond donors (Lipinski definition) is 3. The van der Waals surface area contributed by atoms with Gasteiger partial charge in [-0.25, -0.2) is 13.6 Å². The van der Waals surface area contributed by atoms with Crippen molar-refractivity contribution in [1.82, 2.24) is 30.3 Å². The van der Waals surface area contributed by atoms with E-state index in [-0.39, 0.29) is 75.9 Å². The Morgan fingerprint density at radius 1 is 0.943 bits per heavy atom. The van der Waals surface area contributed by atoms with Crippen molar-refractivity contribution in [3.05, 3.63) is 124 Å². The molecule has 6 aromatic rings. The van der Waals surface area contributed by atoms with Crippen LogP contribution in [0.1, 0.15) is 90.9 Å². The van der Waals surface area contributed by atoms with Crippen LogP contribution in [0.25, 0.3) is 33.2 Å². The minimum atomic E-state index is -1.09. The van der Waals surface area contributed by atoms with E-state index in [1.807, 2.05) is 73.6 Å². The average Bonchev–Trinajstić information content (AvgIpc) is 3.85. The number of nitrogens with zero attached hydrogens (tertiary/aromatic N) is 5. The molecule has 3 fully saturated rings. The van der Waals surface area contributed by atoms with E-state index in [0.717, 1.165) is 71.8 Å². The highest BCUT2D eigenvalue weighted by atomic mass is 35.5. The summed E-state index contributed by atoms with van der Waals surface area (Å²) < 4.78 is 45.8. The molecule has 2 saturated heterocycles. The predicted molar refractivity (Wildman–Crippen MR) is 261 cm³/mol. The predicted octanol–water partition coefficient (Wildman–Crippen LogP) is 8.73. The van der Waals surface area contributed by atoms with Crippen LogP contribution in [0.15, 0.2) is 85.1 Å². The van der Waals surface area contributed by atoms with Gasteiger partial charge in [0.25, 0.3) is 0 Å². The van der Waals surface area contributed by atoms with Gasteiger partial charge >= 0.3 is 6.03 Å². The summed E-state index contributed by atoms with van der Waals surface area (Å²) in [4.78, 5) is 59.4. The molecular weight excluding hydrogens is 918 g/mol. The summed E-state index contributed by atoms with van der Waals surface area (Å²) in [6, 6.07) is 23.2. The topological polar surface area (TPSA) is 174 Å². The van der Waals surface area contributed by atoms with Crippen molar-refractivity contribution in [1.29, 1.82) is 0 Å². The number of benzene rings is 4. The smallest absolute Gasteiger partial charge is 0.329 e. The van der Waals surface area contributed by atoms with Gasteiger partial charge in [-0.15, -0.1) is 0 Å². The molecular formula is C53H53ClF2N8O6. The zero-order valence-corrected chi connectivity index (χ0v) is 39.8. The van der Waals surface area contributed by atoms with Crippen LogP contribution in [0.4, 0.5) is 19.4 Å². The van der Waals surface area contributed by atoms with E-state index >= 15 is 8.78 Å². The Morgan fingerprint density at radius 3 is 2.40 bits per heavy atom. The van der Waals surface area contributed by atoms with E-state index in [4.69, 9.17) is 31.8 Å². The Bertz CT molecular complexity index is 3060. The number of likely N-dealkylation sites (tertiary alicyclic amines) is 1. The first-order valence-corrected chi connectivity index (χ1v) is 24.1. The van der Waals surface area contributed by atoms with Crippen LogP contribution in [0, 0.1) is 17.6 Å². The lowest BCUT2D eigenvalue weighted by Crippen LogP contribution is -2.49. The average molecular weight is 972 g/mol. The van der Waals surface area contributed by atoms with Crippen LogP contribution < -0.4 is 30.7 Å². The molecule has 5 amide bonds. The molecule has 5 heterocycles. The molecule has 4 aromatic carbocycles. The molecule has 4 N–H and O–H groups in total. The van der Waals surface area contributed by atoms with Crippen molar-refractivity contribution in [2.24, 2.45) is 18.7 Å². The first-order valence-electron chi connectivity index (χ1n) is 23.8. The van der Waals surface area contributed by atoms with Crippen LogP contribution in [0.5, 0.6) is 11.5 Å². The first-order chi connectivity index (χ1) is 33.8. The number of pyridine rings is 1. The summed E-state index contributed by atoms with van der Waals surface area (Å²) in [6.07, 6.45) is 6.62. The lowest BCUT2D eigenvalue weighted by molar-refractivity contribution is -0.137. The Morgan fingerprint density at radius 2 is 1.69 bits per heavy atom. The Labute approximate surface area is 408 Å². The van der Waals surface area contributed by atoms with Crippen molar-refractivity contribution >= 4 is 52.1 Å². The van der Waals surface area contributed by atoms with Gasteiger partial charge in [0.05, 0.1) is 23.2 Å². The zero-order valence-electron chi connectivity index (χ0n) is 39.1. The second-order valence-corrected chi connectivity index (χ2v) is 19.2. The number of ether oxygens (including phenoxy) is 2. The van der Waals surface area contributed by atoms with Gasteiger partial charge in [-0.2, -0.15) is 5.10 Å². The number of primary amides is 1. The first kappa shape index (κ1) is 46.8. The maximum absolute atomic E-state index is 16.2. The van der Waals surface area contributed by atoms with Crippen molar-refractivity contribution in [3.63, 3.8) is 0 Å². The molecule has 70 heavy (non-hydrogen) atoms. The number of methoxy groups -OCH3 is 1. The number of amides is 5. The number of anilines is 1. The molecule has 17 heteroatoms. The lowest BCUT2D eigenvalue weighted by Gasteiger charge is -2.38. The Kier molecular flexibility index (Phi) is 12.6. The molecule has 2 atom stereocenters. The van der Waals surface area contributed by atoms with Gasteiger partial charge in [0, 0.05) is 103 Å². The summed E-state index contributed by atoms with van der Waals surface area (Å²) in [5.74, 6) is -2.63. The van der Waals surface area contributed by atoms with Gasteiger partial charge in [-0.1, -0.05) is 54.9 Å². The van der Waals surface area contributed by atoms with Gasteiger partial charge in [-0.05, 0) is 91.6 Å². The fourth-order valence-corrected chi connectivity index (χ4v) is 11.4. The Hall–Kier alpha value is -6.91. The second kappa shape index (κ2) is 18.8. The second-order valence-electron chi connectivity index (χ2n) is 18.8. The van der Waals surface area contributed by atoms with Gasteiger partial charge in [-0.3, -0.25) is 34.3 Å². The summed E-state index contributed by atoms with van der Waals surface area (Å²) in [5, 5.41) is 11.2. The van der Waals surface area contributed by atoms with Crippen molar-refractivity contribution in [3.8, 4) is 33.8 Å². The number of imide groups is 1. The summed E-state index contributed by atoms with van der Waals surface area (Å²) in [5.41, 5.74) is 9.33. The summed E-state index contributed by atoms with van der Waals surface area (Å²) >= 11 is 6.70. The molecule has 0 radical (unpaired) electrons. The molecule has 1 saturated carbocycles. The number of piperidine rings is 1. The van der Waals surface area contributed by atoms with E-state index in [1.165, 1.54) is 30.2 Å². The van der Waals surface area contributed by atoms with Crippen LogP contribution in [-0.2, 0) is 22.2 Å². The molecule has 3 aliphatic heterocycles. The maximum Gasteiger partial charge on any atom is 0.329 e. The number of rotatable bonds is 11. The third kappa shape index (κ3) is 8.29. The third-order valence-corrected chi connectivity index (χ3v) is 15.3. The minimum Gasteiger partial charge on any atom is -0.494 e. The Balaban J connectivity index is 0.788.